The van der Waals surface area contributed by atoms with E-state index in [1.165, 1.54) is 86.3 Å². The summed E-state index contributed by atoms with van der Waals surface area (Å²) in [5.74, 6) is 0. The molecule has 0 unspecified atom stereocenters. The number of hydrogen-bond acceptors (Lipinski definition) is 2. The summed E-state index contributed by atoms with van der Waals surface area (Å²) in [5.41, 5.74) is 14.0. The Bertz CT molecular complexity index is 3580. The van der Waals surface area contributed by atoms with Gasteiger partial charge >= 0.3 is 0 Å². The molecule has 3 heteroatoms. The van der Waals surface area contributed by atoms with Gasteiger partial charge < -0.3 is 9.47 Å². The van der Waals surface area contributed by atoms with Crippen LogP contribution < -0.4 is 4.90 Å². The van der Waals surface area contributed by atoms with Gasteiger partial charge in [-0.15, -0.1) is 11.3 Å². The van der Waals surface area contributed by atoms with E-state index in [0.717, 1.165) is 22.6 Å². The number of benzene rings is 10. The first-order chi connectivity index (χ1) is 30.3. The lowest BCUT2D eigenvalue weighted by molar-refractivity contribution is 1.19. The maximum Gasteiger partial charge on any atom is 0.0618 e. The molecule has 0 aliphatic heterocycles. The molecule has 0 aliphatic rings. The smallest absolute Gasteiger partial charge is 0.0618 e. The lowest BCUT2D eigenvalue weighted by atomic mass is 9.98. The van der Waals surface area contributed by atoms with E-state index >= 15 is 0 Å². The van der Waals surface area contributed by atoms with Crippen molar-refractivity contribution in [1.82, 2.24) is 4.57 Å². The molecule has 0 N–H and O–H groups in total. The first-order valence-corrected chi connectivity index (χ1v) is 21.7. The minimum atomic E-state index is 1.08. The monoisotopic (exact) mass is 794 g/mol. The van der Waals surface area contributed by atoms with Crippen molar-refractivity contribution in [2.75, 3.05) is 4.90 Å². The van der Waals surface area contributed by atoms with Crippen LogP contribution in [0.4, 0.5) is 17.1 Å². The van der Waals surface area contributed by atoms with E-state index in [-0.39, 0.29) is 0 Å². The van der Waals surface area contributed by atoms with Crippen LogP contribution in [0.25, 0.3) is 91.8 Å². The van der Waals surface area contributed by atoms with Crippen molar-refractivity contribution in [2.24, 2.45) is 0 Å². The van der Waals surface area contributed by atoms with Crippen molar-refractivity contribution in [2.45, 2.75) is 0 Å². The molecular formula is C58H38N2S. The molecule has 0 saturated carbocycles. The molecule has 0 aliphatic carbocycles. The Balaban J connectivity index is 1.14. The summed E-state index contributed by atoms with van der Waals surface area (Å²) in [6, 6.07) is 84.2. The molecule has 0 radical (unpaired) electrons. The third-order valence-corrected chi connectivity index (χ3v) is 13.4. The Morgan fingerprint density at radius 2 is 0.951 bits per heavy atom. The maximum absolute atomic E-state index is 2.51. The van der Waals surface area contributed by atoms with Crippen LogP contribution in [0.5, 0.6) is 0 Å². The van der Waals surface area contributed by atoms with Crippen LogP contribution in [0.15, 0.2) is 231 Å². The van der Waals surface area contributed by atoms with Gasteiger partial charge in [0.25, 0.3) is 0 Å². The Morgan fingerprint density at radius 3 is 1.79 bits per heavy atom. The summed E-state index contributed by atoms with van der Waals surface area (Å²) in [6.45, 7) is 0. The van der Waals surface area contributed by atoms with E-state index in [1.807, 2.05) is 11.3 Å². The minimum Gasteiger partial charge on any atom is -0.310 e. The average Bonchev–Trinajstić information content (AvgIpc) is 3.88. The van der Waals surface area contributed by atoms with E-state index in [9.17, 15) is 0 Å². The molecular weight excluding hydrogens is 757 g/mol. The maximum atomic E-state index is 2.51. The second kappa shape index (κ2) is 14.5. The van der Waals surface area contributed by atoms with Crippen molar-refractivity contribution in [3.8, 4) is 39.1 Å². The molecule has 0 bridgehead atoms. The lowest BCUT2D eigenvalue weighted by Gasteiger charge is -2.28. The normalized spacial score (nSPS) is 11.6. The average molecular weight is 795 g/mol. The van der Waals surface area contributed by atoms with Crippen LogP contribution in [0.3, 0.4) is 0 Å². The van der Waals surface area contributed by atoms with E-state index in [4.69, 9.17) is 0 Å². The number of anilines is 3. The first-order valence-electron chi connectivity index (χ1n) is 20.8. The number of nitrogens with zero attached hydrogens (tertiary/aromatic N) is 2. The summed E-state index contributed by atoms with van der Waals surface area (Å²) in [4.78, 5) is 2.46. The molecule has 0 fully saturated rings. The zero-order chi connectivity index (χ0) is 40.3. The Morgan fingerprint density at radius 1 is 0.344 bits per heavy atom. The summed E-state index contributed by atoms with van der Waals surface area (Å²) >= 11 is 1.88. The van der Waals surface area contributed by atoms with Crippen molar-refractivity contribution in [1.29, 1.82) is 0 Å². The fourth-order valence-electron chi connectivity index (χ4n) is 9.40. The highest BCUT2D eigenvalue weighted by Gasteiger charge is 2.23. The SMILES string of the molecule is c1ccc(-c2ccc(N(c3ccc4c5ccccc5n(-c5c(-c6ccccc6)ccc6ccccc56)c4c3)c3ccccc3-c3cccc4c3sc3ccccc34)cc2)cc1. The molecule has 286 valence electrons. The molecule has 0 spiro atoms. The summed E-state index contributed by atoms with van der Waals surface area (Å²) < 4.78 is 5.12. The number of hydrogen-bond donors (Lipinski definition) is 0. The van der Waals surface area contributed by atoms with E-state index in [2.05, 4.69) is 240 Å². The van der Waals surface area contributed by atoms with Gasteiger partial charge in [-0.3, -0.25) is 0 Å². The van der Waals surface area contributed by atoms with Gasteiger partial charge in [0.15, 0.2) is 0 Å². The highest BCUT2D eigenvalue weighted by atomic mass is 32.1. The second-order valence-corrected chi connectivity index (χ2v) is 16.7. The van der Waals surface area contributed by atoms with Gasteiger partial charge in [0.1, 0.15) is 0 Å². The molecule has 0 amide bonds. The van der Waals surface area contributed by atoms with Crippen molar-refractivity contribution in [3.05, 3.63) is 231 Å². The van der Waals surface area contributed by atoms with Crippen molar-refractivity contribution < 1.29 is 0 Å². The predicted octanol–water partition coefficient (Wildman–Crippen LogP) is 16.8. The van der Waals surface area contributed by atoms with Gasteiger partial charge in [-0.2, -0.15) is 0 Å². The topological polar surface area (TPSA) is 8.17 Å². The third-order valence-electron chi connectivity index (χ3n) is 12.2. The van der Waals surface area contributed by atoms with Crippen molar-refractivity contribution >= 4 is 81.1 Å². The van der Waals surface area contributed by atoms with E-state index in [0.29, 0.717) is 0 Å². The van der Waals surface area contributed by atoms with Gasteiger partial charge in [0.05, 0.1) is 22.4 Å². The van der Waals surface area contributed by atoms with E-state index < -0.39 is 0 Å². The van der Waals surface area contributed by atoms with Crippen LogP contribution in [0.1, 0.15) is 0 Å². The summed E-state index contributed by atoms with van der Waals surface area (Å²) in [7, 11) is 0. The second-order valence-electron chi connectivity index (χ2n) is 15.6. The number of thiophene rings is 1. The molecule has 0 atom stereocenters. The number of aromatic nitrogens is 1. The number of para-hydroxylation sites is 2. The van der Waals surface area contributed by atoms with Gasteiger partial charge in [-0.05, 0) is 64.5 Å². The predicted molar refractivity (Wildman–Crippen MR) is 262 cm³/mol. The van der Waals surface area contributed by atoms with Gasteiger partial charge in [0, 0.05) is 64.4 Å². The van der Waals surface area contributed by atoms with Crippen LogP contribution >= 0.6 is 11.3 Å². The molecule has 10 aromatic carbocycles. The lowest BCUT2D eigenvalue weighted by Crippen LogP contribution is -2.11. The zero-order valence-corrected chi connectivity index (χ0v) is 34.1. The quantitative estimate of drug-likeness (QED) is 0.156. The summed E-state index contributed by atoms with van der Waals surface area (Å²) in [6.07, 6.45) is 0. The molecule has 12 rings (SSSR count). The Kier molecular flexibility index (Phi) is 8.39. The van der Waals surface area contributed by atoms with Crippen LogP contribution in [-0.2, 0) is 0 Å². The van der Waals surface area contributed by atoms with Crippen LogP contribution in [0.2, 0.25) is 0 Å². The number of rotatable bonds is 7. The highest BCUT2D eigenvalue weighted by molar-refractivity contribution is 7.26. The van der Waals surface area contributed by atoms with Crippen LogP contribution in [0, 0.1) is 0 Å². The van der Waals surface area contributed by atoms with Gasteiger partial charge in [-0.1, -0.05) is 188 Å². The fourth-order valence-corrected chi connectivity index (χ4v) is 10.6. The Hall–Kier alpha value is -7.72. The molecule has 2 nitrogen and oxygen atoms in total. The van der Waals surface area contributed by atoms with Gasteiger partial charge in [-0.25, -0.2) is 0 Å². The molecule has 0 saturated heterocycles. The largest absolute Gasteiger partial charge is 0.310 e. The third kappa shape index (κ3) is 5.85. The zero-order valence-electron chi connectivity index (χ0n) is 33.2. The highest BCUT2D eigenvalue weighted by Crippen LogP contribution is 2.48. The summed E-state index contributed by atoms with van der Waals surface area (Å²) in [5, 5.41) is 7.47. The Labute approximate surface area is 358 Å². The molecule has 2 aromatic heterocycles. The first kappa shape index (κ1) is 35.2. The van der Waals surface area contributed by atoms with Crippen LogP contribution in [-0.4, -0.2) is 4.57 Å². The van der Waals surface area contributed by atoms with Crippen molar-refractivity contribution in [3.63, 3.8) is 0 Å². The molecule has 2 heterocycles. The number of fused-ring (bicyclic) bond motifs is 7. The fraction of sp³-hybridized carbons (Fsp3) is 0. The standard InChI is InChI=1S/C58H38N2S/c1-3-16-39(17-4-1)40-30-33-43(34-31-40)59(53-27-12-10-23-48(53)51-25-15-26-52-50-24-11-14-29-56(50)61-58(51)52)44-35-37-49-47-22-9-13-28-54(47)60(55(49)38-44)57-45-21-8-7-20-42(45)32-36-46(57)41-18-5-2-6-19-41/h1-38H. The minimum absolute atomic E-state index is 1.08. The van der Waals surface area contributed by atoms with Gasteiger partial charge in [0.2, 0.25) is 0 Å². The molecule has 12 aromatic rings. The molecule has 61 heavy (non-hydrogen) atoms. The van der Waals surface area contributed by atoms with E-state index in [1.54, 1.807) is 0 Å².